The molecule has 4 rings (SSSR count). The fourth-order valence-electron chi connectivity index (χ4n) is 4.17. The molecule has 3 aliphatic carbocycles. The molecule has 0 aliphatic heterocycles. The molecule has 0 heterocycles. The van der Waals surface area contributed by atoms with Gasteiger partial charge in [0.05, 0.1) is 0 Å². The van der Waals surface area contributed by atoms with Crippen molar-refractivity contribution in [2.75, 3.05) is 0 Å². The quantitative estimate of drug-likeness (QED) is 0.893. The summed E-state index contributed by atoms with van der Waals surface area (Å²) in [5.41, 5.74) is 1.67. The predicted molar refractivity (Wildman–Crippen MR) is 76.8 cm³/mol. The van der Waals surface area contributed by atoms with Crippen LogP contribution in [0.25, 0.3) is 0 Å². The van der Waals surface area contributed by atoms with Crippen LogP contribution in [-0.4, -0.2) is 22.5 Å². The van der Waals surface area contributed by atoms with Gasteiger partial charge < -0.3 is 10.4 Å². The average molecular weight is 285 g/mol. The van der Waals surface area contributed by atoms with E-state index in [2.05, 4.69) is 17.4 Å². The Kier molecular flexibility index (Phi) is 2.65. The van der Waals surface area contributed by atoms with Crippen molar-refractivity contribution in [3.05, 3.63) is 35.4 Å². The van der Waals surface area contributed by atoms with E-state index in [0.717, 1.165) is 19.3 Å². The second-order valence-corrected chi connectivity index (χ2v) is 6.68. The number of carbonyl (C=O) groups is 2. The lowest BCUT2D eigenvalue weighted by Crippen LogP contribution is -2.59. The Morgan fingerprint density at radius 2 is 2.00 bits per heavy atom. The minimum Gasteiger partial charge on any atom is -0.480 e. The molecule has 2 N–H and O–H groups in total. The van der Waals surface area contributed by atoms with E-state index in [9.17, 15) is 14.7 Å². The van der Waals surface area contributed by atoms with Crippen molar-refractivity contribution in [3.63, 3.8) is 0 Å². The van der Waals surface area contributed by atoms with Gasteiger partial charge >= 0.3 is 5.97 Å². The number of amides is 1. The number of aryl methyl sites for hydroxylation is 1. The fraction of sp³-hybridized carbons (Fsp3) is 0.529. The van der Waals surface area contributed by atoms with Crippen LogP contribution in [0.5, 0.6) is 0 Å². The molecule has 4 nitrogen and oxygen atoms in total. The number of hydrogen-bond acceptors (Lipinski definition) is 2. The highest BCUT2D eigenvalue weighted by molar-refractivity contribution is 5.91. The number of rotatable bonds is 3. The van der Waals surface area contributed by atoms with Gasteiger partial charge in [0.2, 0.25) is 5.91 Å². The maximum Gasteiger partial charge on any atom is 0.329 e. The van der Waals surface area contributed by atoms with Gasteiger partial charge in [0, 0.05) is 5.92 Å². The van der Waals surface area contributed by atoms with Gasteiger partial charge in [0.25, 0.3) is 0 Å². The van der Waals surface area contributed by atoms with Gasteiger partial charge in [-0.15, -0.1) is 0 Å². The van der Waals surface area contributed by atoms with Gasteiger partial charge in [-0.1, -0.05) is 24.3 Å². The van der Waals surface area contributed by atoms with Crippen LogP contribution >= 0.6 is 0 Å². The first-order valence-corrected chi connectivity index (χ1v) is 7.76. The average Bonchev–Trinajstić information content (AvgIpc) is 3.17. The zero-order valence-electron chi connectivity index (χ0n) is 11.8. The number of fused-ring (bicyclic) bond motifs is 3. The smallest absolute Gasteiger partial charge is 0.329 e. The van der Waals surface area contributed by atoms with Crippen molar-refractivity contribution in [2.24, 2.45) is 11.8 Å². The van der Waals surface area contributed by atoms with Gasteiger partial charge in [-0.05, 0) is 55.1 Å². The number of nitrogens with one attached hydrogen (secondary N) is 1. The molecule has 2 saturated carbocycles. The summed E-state index contributed by atoms with van der Waals surface area (Å²) >= 11 is 0. The lowest BCUT2D eigenvalue weighted by Gasteiger charge is -2.38. The Hall–Kier alpha value is -1.84. The van der Waals surface area contributed by atoms with E-state index in [1.165, 1.54) is 11.1 Å². The van der Waals surface area contributed by atoms with Gasteiger partial charge in [-0.25, -0.2) is 4.79 Å². The van der Waals surface area contributed by atoms with Crippen molar-refractivity contribution in [2.45, 2.75) is 43.6 Å². The van der Waals surface area contributed by atoms with Crippen molar-refractivity contribution >= 4 is 11.9 Å². The van der Waals surface area contributed by atoms with E-state index < -0.39 is 11.5 Å². The number of carboxylic acids is 1. The molecular formula is C17H19NO3. The lowest BCUT2D eigenvalue weighted by molar-refractivity contribution is -0.152. The molecule has 3 aliphatic rings. The van der Waals surface area contributed by atoms with Gasteiger partial charge in [0.15, 0.2) is 0 Å². The molecule has 0 spiro atoms. The van der Waals surface area contributed by atoms with E-state index in [4.69, 9.17) is 0 Å². The molecule has 1 aromatic carbocycles. The van der Waals surface area contributed by atoms with Crippen LogP contribution in [-0.2, 0) is 16.0 Å². The van der Waals surface area contributed by atoms with E-state index in [1.54, 1.807) is 0 Å². The minimum atomic E-state index is -0.984. The molecule has 0 radical (unpaired) electrons. The van der Waals surface area contributed by atoms with Crippen molar-refractivity contribution < 1.29 is 14.7 Å². The van der Waals surface area contributed by atoms with Crippen molar-refractivity contribution in [1.29, 1.82) is 0 Å². The standard InChI is InChI=1S/C17H19NO3/c19-15(18-17(16(20)21)8-3-9-17)14-12-7-6-10-4-1-2-5-11(10)13(12)14/h1-2,4-5,12-14H,3,6-9H2,(H,18,19)(H,20,21). The molecule has 0 saturated heterocycles. The molecule has 3 unspecified atom stereocenters. The highest BCUT2D eigenvalue weighted by Crippen LogP contribution is 2.60. The molecule has 110 valence electrons. The third kappa shape index (κ3) is 1.81. The fourth-order valence-corrected chi connectivity index (χ4v) is 4.17. The molecule has 1 amide bonds. The summed E-state index contributed by atoms with van der Waals surface area (Å²) in [4.78, 5) is 23.9. The SMILES string of the molecule is O=C(NC1(C(=O)O)CCC1)C1C2CCc3ccccc3C21. The second-order valence-electron chi connectivity index (χ2n) is 6.68. The van der Waals surface area contributed by atoms with E-state index in [1.807, 2.05) is 12.1 Å². The monoisotopic (exact) mass is 285 g/mol. The molecule has 0 aromatic heterocycles. The summed E-state index contributed by atoms with van der Waals surface area (Å²) in [6.07, 6.45) is 4.08. The number of carbonyl (C=O) groups excluding carboxylic acids is 1. The minimum absolute atomic E-state index is 0.0227. The van der Waals surface area contributed by atoms with Gasteiger partial charge in [0.1, 0.15) is 5.54 Å². The van der Waals surface area contributed by atoms with Crippen LogP contribution in [0.4, 0.5) is 0 Å². The van der Waals surface area contributed by atoms with E-state index in [0.29, 0.717) is 24.7 Å². The molecular weight excluding hydrogens is 266 g/mol. The summed E-state index contributed by atoms with van der Waals surface area (Å²) in [5, 5.41) is 12.2. The van der Waals surface area contributed by atoms with E-state index >= 15 is 0 Å². The third-order valence-electron chi connectivity index (χ3n) is 5.61. The zero-order valence-corrected chi connectivity index (χ0v) is 11.8. The highest BCUT2D eigenvalue weighted by Gasteiger charge is 2.59. The summed E-state index contributed by atoms with van der Waals surface area (Å²) in [5.74, 6) is -0.243. The zero-order chi connectivity index (χ0) is 14.6. The summed E-state index contributed by atoms with van der Waals surface area (Å²) in [6, 6.07) is 8.34. The van der Waals surface area contributed by atoms with Gasteiger partial charge in [-0.2, -0.15) is 0 Å². The van der Waals surface area contributed by atoms with Crippen LogP contribution in [0.15, 0.2) is 24.3 Å². The van der Waals surface area contributed by atoms with Crippen molar-refractivity contribution in [3.8, 4) is 0 Å². The summed E-state index contributed by atoms with van der Waals surface area (Å²) < 4.78 is 0. The Labute approximate surface area is 123 Å². The number of hydrogen-bond donors (Lipinski definition) is 2. The molecule has 1 aromatic rings. The first-order chi connectivity index (χ1) is 10.1. The molecule has 2 fully saturated rings. The summed E-state index contributed by atoms with van der Waals surface area (Å²) in [6.45, 7) is 0. The Balaban J connectivity index is 1.52. The largest absolute Gasteiger partial charge is 0.480 e. The Morgan fingerprint density at radius 3 is 2.67 bits per heavy atom. The predicted octanol–water partition coefficient (Wildman–Crippen LogP) is 2.09. The molecule has 0 bridgehead atoms. The van der Waals surface area contributed by atoms with Crippen LogP contribution in [0.3, 0.4) is 0 Å². The summed E-state index contributed by atoms with van der Waals surface area (Å²) in [7, 11) is 0. The van der Waals surface area contributed by atoms with Crippen LogP contribution in [0.1, 0.15) is 42.7 Å². The Bertz CT molecular complexity index is 620. The first kappa shape index (κ1) is 12.9. The highest BCUT2D eigenvalue weighted by atomic mass is 16.4. The number of carboxylic acid groups (broad SMARTS) is 1. The molecule has 21 heavy (non-hydrogen) atoms. The first-order valence-electron chi connectivity index (χ1n) is 7.76. The maximum atomic E-state index is 12.5. The maximum absolute atomic E-state index is 12.5. The van der Waals surface area contributed by atoms with Crippen LogP contribution < -0.4 is 5.32 Å². The number of benzene rings is 1. The molecule has 3 atom stereocenters. The second kappa shape index (κ2) is 4.33. The van der Waals surface area contributed by atoms with Gasteiger partial charge in [-0.3, -0.25) is 4.79 Å². The topological polar surface area (TPSA) is 66.4 Å². The number of aliphatic carboxylic acids is 1. The van der Waals surface area contributed by atoms with Crippen LogP contribution in [0.2, 0.25) is 0 Å². The van der Waals surface area contributed by atoms with E-state index in [-0.39, 0.29) is 11.8 Å². The lowest BCUT2D eigenvalue weighted by atomic mass is 9.76. The Morgan fingerprint density at radius 1 is 1.24 bits per heavy atom. The third-order valence-corrected chi connectivity index (χ3v) is 5.61. The molecule has 4 heteroatoms. The van der Waals surface area contributed by atoms with Crippen LogP contribution in [0, 0.1) is 11.8 Å². The van der Waals surface area contributed by atoms with Crippen molar-refractivity contribution in [1.82, 2.24) is 5.32 Å². The normalized spacial score (nSPS) is 31.3.